The van der Waals surface area contributed by atoms with Crippen molar-refractivity contribution in [3.8, 4) is 11.6 Å². The zero-order valence-corrected chi connectivity index (χ0v) is 18.8. The Morgan fingerprint density at radius 3 is 2.63 bits per heavy atom. The van der Waals surface area contributed by atoms with Crippen LogP contribution in [0.4, 0.5) is 8.78 Å². The second-order valence-corrected chi connectivity index (χ2v) is 7.81. The molecular weight excluding hydrogens is 464 g/mol. The van der Waals surface area contributed by atoms with E-state index in [0.29, 0.717) is 11.6 Å². The number of hydrogen-bond acceptors (Lipinski definition) is 7. The van der Waals surface area contributed by atoms with E-state index in [2.05, 4.69) is 15.6 Å². The van der Waals surface area contributed by atoms with Crippen LogP contribution >= 0.6 is 0 Å². The number of phenols is 1. The summed E-state index contributed by atoms with van der Waals surface area (Å²) in [6, 6.07) is 5.06. The molecule has 0 unspecified atom stereocenters. The van der Waals surface area contributed by atoms with Crippen LogP contribution in [0.15, 0.2) is 45.7 Å². The molecule has 4 rings (SSSR count). The lowest BCUT2D eigenvalue weighted by Crippen LogP contribution is -2.45. The van der Waals surface area contributed by atoms with Gasteiger partial charge in [-0.05, 0) is 36.2 Å². The lowest BCUT2D eigenvalue weighted by atomic mass is 10.1. The Kier molecular flexibility index (Phi) is 6.36. The first kappa shape index (κ1) is 23.7. The van der Waals surface area contributed by atoms with Crippen molar-refractivity contribution in [1.82, 2.24) is 24.8 Å². The van der Waals surface area contributed by atoms with Gasteiger partial charge >= 0.3 is 5.69 Å². The second kappa shape index (κ2) is 9.41. The smallest absolute Gasteiger partial charge is 0.335 e. The van der Waals surface area contributed by atoms with Crippen molar-refractivity contribution in [3.63, 3.8) is 0 Å². The molecule has 10 nitrogen and oxygen atoms in total. The molecule has 1 amide bonds. The number of amides is 1. The van der Waals surface area contributed by atoms with Crippen LogP contribution in [-0.4, -0.2) is 32.2 Å². The topological polar surface area (TPSA) is 127 Å². The molecule has 3 N–H and O–H groups in total. The molecule has 0 saturated carbocycles. The van der Waals surface area contributed by atoms with Crippen LogP contribution < -0.4 is 26.6 Å². The number of ether oxygens (including phenoxy) is 1. The molecule has 0 aliphatic carbocycles. The molecule has 0 saturated heterocycles. The number of halogens is 2. The minimum Gasteiger partial charge on any atom is -0.503 e. The number of phenolic OH excluding ortho intramolecular Hbond substituents is 1. The standard InChI is InChI=1S/C23H21F2N5O5/c1-12-18-9-27-17(21(32)28-8-13-3-4-26-19(7-13)35-2)11-29(18)23(34)30(22(12)33)10-14-5-15(24)20(31)16(25)6-14/h3-7,11,27,31H,8-10H2,1-2H3,(H,28,32). The molecule has 3 aromatic rings. The molecular formula is C23H21F2N5O5. The average molecular weight is 485 g/mol. The van der Waals surface area contributed by atoms with E-state index in [0.717, 1.165) is 26.8 Å². The number of aromatic hydroxyl groups is 1. The van der Waals surface area contributed by atoms with Crippen LogP contribution in [0.5, 0.6) is 11.6 Å². The van der Waals surface area contributed by atoms with Crippen molar-refractivity contribution in [2.24, 2.45) is 0 Å². The Labute approximate surface area is 197 Å². The van der Waals surface area contributed by atoms with Gasteiger partial charge in [-0.3, -0.25) is 18.7 Å². The molecule has 2 aromatic heterocycles. The monoisotopic (exact) mass is 485 g/mol. The minimum atomic E-state index is -1.21. The number of fused-ring (bicyclic) bond motifs is 1. The number of nitrogens with one attached hydrogen (secondary N) is 2. The molecule has 182 valence electrons. The molecule has 35 heavy (non-hydrogen) atoms. The zero-order chi connectivity index (χ0) is 25.3. The molecule has 3 heterocycles. The first-order valence-electron chi connectivity index (χ1n) is 10.4. The van der Waals surface area contributed by atoms with E-state index in [1.807, 2.05) is 0 Å². The fourth-order valence-corrected chi connectivity index (χ4v) is 3.66. The fourth-order valence-electron chi connectivity index (χ4n) is 3.66. The summed E-state index contributed by atoms with van der Waals surface area (Å²) >= 11 is 0. The van der Waals surface area contributed by atoms with Crippen molar-refractivity contribution >= 4 is 12.1 Å². The van der Waals surface area contributed by atoms with Gasteiger partial charge in [0.05, 0.1) is 25.9 Å². The number of nitrogens with zero attached hydrogens (tertiary/aromatic N) is 3. The first-order valence-corrected chi connectivity index (χ1v) is 10.4. The summed E-state index contributed by atoms with van der Waals surface area (Å²) in [4.78, 5) is 42.6. The second-order valence-electron chi connectivity index (χ2n) is 7.81. The number of aromatic nitrogens is 3. The Hall–Kier alpha value is -4.48. The van der Waals surface area contributed by atoms with Gasteiger partial charge in [-0.15, -0.1) is 0 Å². The summed E-state index contributed by atoms with van der Waals surface area (Å²) in [5.74, 6) is -3.66. The molecule has 0 radical (unpaired) electrons. The maximum atomic E-state index is 13.7. The minimum absolute atomic E-state index is 0.0272. The maximum Gasteiger partial charge on any atom is 0.335 e. The van der Waals surface area contributed by atoms with Crippen molar-refractivity contribution in [3.05, 3.63) is 91.0 Å². The summed E-state index contributed by atoms with van der Waals surface area (Å²) in [6.07, 6.45) is 2.81. The van der Waals surface area contributed by atoms with Gasteiger partial charge in [-0.2, -0.15) is 0 Å². The van der Waals surface area contributed by atoms with Crippen LogP contribution in [0, 0.1) is 18.6 Å². The molecule has 12 heteroatoms. The SMILES string of the molecule is COc1cc(CNC(=O)C2=Cn3c(c(C)c(=O)n(Cc4cc(F)c(O)c(F)c4)c3=O)CN2)ccn1. The van der Waals surface area contributed by atoms with Crippen LogP contribution in [-0.2, 0) is 24.4 Å². The summed E-state index contributed by atoms with van der Waals surface area (Å²) in [6.45, 7) is 1.30. The highest BCUT2D eigenvalue weighted by atomic mass is 19.1. The number of pyridine rings is 1. The van der Waals surface area contributed by atoms with Gasteiger partial charge in [0.2, 0.25) is 5.88 Å². The molecule has 0 fully saturated rings. The van der Waals surface area contributed by atoms with Crippen LogP contribution in [0.3, 0.4) is 0 Å². The summed E-state index contributed by atoms with van der Waals surface area (Å²) in [5.41, 5.74) is -0.0176. The van der Waals surface area contributed by atoms with Gasteiger partial charge in [0.15, 0.2) is 17.4 Å². The molecule has 0 atom stereocenters. The highest BCUT2D eigenvalue weighted by Gasteiger charge is 2.22. The van der Waals surface area contributed by atoms with E-state index in [-0.39, 0.29) is 29.9 Å². The van der Waals surface area contributed by atoms with E-state index in [4.69, 9.17) is 4.74 Å². The van der Waals surface area contributed by atoms with E-state index >= 15 is 0 Å². The predicted octanol–water partition coefficient (Wildman–Crippen LogP) is 0.972. The van der Waals surface area contributed by atoms with Gasteiger partial charge in [-0.1, -0.05) is 0 Å². The van der Waals surface area contributed by atoms with E-state index in [1.165, 1.54) is 20.2 Å². The molecule has 1 aliphatic rings. The van der Waals surface area contributed by atoms with Crippen LogP contribution in [0.2, 0.25) is 0 Å². The number of benzene rings is 1. The van der Waals surface area contributed by atoms with Crippen molar-refractivity contribution in [2.75, 3.05) is 7.11 Å². The lowest BCUT2D eigenvalue weighted by Gasteiger charge is -2.22. The average Bonchev–Trinajstić information content (AvgIpc) is 2.86. The normalized spacial score (nSPS) is 12.4. The van der Waals surface area contributed by atoms with Crippen LogP contribution in [0.1, 0.15) is 22.4 Å². The number of carbonyl (C=O) groups is 1. The van der Waals surface area contributed by atoms with Gasteiger partial charge in [0.25, 0.3) is 11.5 Å². The highest BCUT2D eigenvalue weighted by Crippen LogP contribution is 2.21. The third kappa shape index (κ3) is 4.63. The number of carbonyl (C=O) groups excluding carboxylic acids is 1. The Balaban J connectivity index is 1.63. The number of rotatable bonds is 6. The largest absolute Gasteiger partial charge is 0.503 e. The number of methoxy groups -OCH3 is 1. The maximum absolute atomic E-state index is 13.7. The van der Waals surface area contributed by atoms with E-state index in [1.54, 1.807) is 18.3 Å². The molecule has 0 spiro atoms. The molecule has 1 aromatic carbocycles. The Morgan fingerprint density at radius 1 is 1.23 bits per heavy atom. The molecule has 1 aliphatic heterocycles. The zero-order valence-electron chi connectivity index (χ0n) is 18.8. The van der Waals surface area contributed by atoms with Gasteiger partial charge < -0.3 is 20.5 Å². The van der Waals surface area contributed by atoms with Crippen LogP contribution in [0.25, 0.3) is 6.20 Å². The first-order chi connectivity index (χ1) is 16.7. The van der Waals surface area contributed by atoms with E-state index in [9.17, 15) is 28.3 Å². The predicted molar refractivity (Wildman–Crippen MR) is 121 cm³/mol. The van der Waals surface area contributed by atoms with Crippen molar-refractivity contribution in [2.45, 2.75) is 26.6 Å². The van der Waals surface area contributed by atoms with Gasteiger partial charge in [0.1, 0.15) is 5.70 Å². The third-order valence-electron chi connectivity index (χ3n) is 5.55. The van der Waals surface area contributed by atoms with Gasteiger partial charge in [0, 0.05) is 30.6 Å². The Morgan fingerprint density at radius 2 is 1.94 bits per heavy atom. The summed E-state index contributed by atoms with van der Waals surface area (Å²) in [7, 11) is 1.48. The van der Waals surface area contributed by atoms with Gasteiger partial charge in [-0.25, -0.2) is 18.6 Å². The van der Waals surface area contributed by atoms with Crippen molar-refractivity contribution in [1.29, 1.82) is 0 Å². The summed E-state index contributed by atoms with van der Waals surface area (Å²) < 4.78 is 34.5. The quantitative estimate of drug-likeness (QED) is 0.475. The van der Waals surface area contributed by atoms with E-state index < -0.39 is 41.1 Å². The Bertz CT molecular complexity index is 1460. The lowest BCUT2D eigenvalue weighted by molar-refractivity contribution is -0.118. The highest BCUT2D eigenvalue weighted by molar-refractivity contribution is 5.95. The summed E-state index contributed by atoms with van der Waals surface area (Å²) in [5, 5.41) is 14.9. The van der Waals surface area contributed by atoms with Crippen molar-refractivity contribution < 1.29 is 23.4 Å². The number of hydrogen-bond donors (Lipinski definition) is 3. The third-order valence-corrected chi connectivity index (χ3v) is 5.55. The molecule has 0 bridgehead atoms. The fraction of sp³-hybridized carbons (Fsp3) is 0.217.